The first-order valence-electron chi connectivity index (χ1n) is 7.86. The molecule has 0 aliphatic heterocycles. The van der Waals surface area contributed by atoms with Crippen molar-refractivity contribution in [2.45, 2.75) is 26.3 Å². The summed E-state index contributed by atoms with van der Waals surface area (Å²) in [4.78, 5) is 0. The maximum atomic E-state index is 13.1. The largest absolute Gasteiger partial charge is 0.496 e. The fourth-order valence-corrected chi connectivity index (χ4v) is 2.60. The van der Waals surface area contributed by atoms with Crippen LogP contribution in [0.3, 0.4) is 0 Å². The Morgan fingerprint density at radius 3 is 2.35 bits per heavy atom. The van der Waals surface area contributed by atoms with Crippen molar-refractivity contribution >= 4 is 0 Å². The summed E-state index contributed by atoms with van der Waals surface area (Å²) in [6, 6.07) is 10.7. The molecule has 2 aromatic carbocycles. The van der Waals surface area contributed by atoms with Crippen LogP contribution in [0.1, 0.15) is 23.6 Å². The third kappa shape index (κ3) is 4.70. The Morgan fingerprint density at radius 1 is 1.00 bits per heavy atom. The lowest BCUT2D eigenvalue weighted by Gasteiger charge is -2.14. The summed E-state index contributed by atoms with van der Waals surface area (Å²) >= 11 is 0. The molecule has 3 nitrogen and oxygen atoms in total. The highest BCUT2D eigenvalue weighted by Crippen LogP contribution is 2.29. The van der Waals surface area contributed by atoms with Crippen LogP contribution in [0.2, 0.25) is 0 Å². The minimum absolute atomic E-state index is 0.203. The lowest BCUT2D eigenvalue weighted by molar-refractivity contribution is 0.394. The predicted molar refractivity (Wildman–Crippen MR) is 90.7 cm³/mol. The van der Waals surface area contributed by atoms with Crippen LogP contribution < -0.4 is 14.8 Å². The molecule has 0 heterocycles. The number of hydrogen-bond acceptors (Lipinski definition) is 3. The van der Waals surface area contributed by atoms with E-state index in [9.17, 15) is 4.39 Å². The van der Waals surface area contributed by atoms with E-state index in [0.29, 0.717) is 6.54 Å². The molecule has 2 rings (SSSR count). The van der Waals surface area contributed by atoms with Crippen molar-refractivity contribution in [1.29, 1.82) is 0 Å². The van der Waals surface area contributed by atoms with E-state index in [1.165, 1.54) is 6.07 Å². The number of rotatable bonds is 8. The topological polar surface area (TPSA) is 30.5 Å². The lowest BCUT2D eigenvalue weighted by Crippen LogP contribution is -2.17. The first-order chi connectivity index (χ1) is 11.2. The highest BCUT2D eigenvalue weighted by Gasteiger charge is 2.10. The maximum absolute atomic E-state index is 13.1. The molecule has 1 N–H and O–H groups in total. The zero-order valence-electron chi connectivity index (χ0n) is 14.0. The fourth-order valence-electron chi connectivity index (χ4n) is 2.60. The zero-order chi connectivity index (χ0) is 16.7. The first-order valence-corrected chi connectivity index (χ1v) is 7.86. The average molecular weight is 317 g/mol. The molecule has 0 fully saturated rings. The number of halogens is 1. The molecular weight excluding hydrogens is 293 g/mol. The third-order valence-corrected chi connectivity index (χ3v) is 3.85. The smallest absolute Gasteiger partial charge is 0.123 e. The van der Waals surface area contributed by atoms with Crippen LogP contribution in [0.15, 0.2) is 36.4 Å². The first kappa shape index (κ1) is 17.3. The molecule has 2 aromatic rings. The van der Waals surface area contributed by atoms with Gasteiger partial charge in [-0.2, -0.15) is 0 Å². The molecule has 0 aliphatic carbocycles. The maximum Gasteiger partial charge on any atom is 0.123 e. The van der Waals surface area contributed by atoms with Gasteiger partial charge in [0, 0.05) is 6.54 Å². The Morgan fingerprint density at radius 2 is 1.70 bits per heavy atom. The number of benzene rings is 2. The van der Waals surface area contributed by atoms with E-state index in [2.05, 4.69) is 12.2 Å². The van der Waals surface area contributed by atoms with Crippen molar-refractivity contribution in [1.82, 2.24) is 5.32 Å². The van der Waals surface area contributed by atoms with Crippen LogP contribution in [0.5, 0.6) is 11.5 Å². The van der Waals surface area contributed by atoms with E-state index < -0.39 is 0 Å². The van der Waals surface area contributed by atoms with E-state index in [0.717, 1.165) is 47.6 Å². The highest BCUT2D eigenvalue weighted by atomic mass is 19.1. The fraction of sp³-hybridized carbons (Fsp3) is 0.368. The van der Waals surface area contributed by atoms with Crippen molar-refractivity contribution in [3.8, 4) is 11.5 Å². The molecule has 0 unspecified atom stereocenters. The molecule has 0 spiro atoms. The number of aryl methyl sites for hydroxylation is 1. The van der Waals surface area contributed by atoms with Crippen LogP contribution in [-0.4, -0.2) is 20.8 Å². The van der Waals surface area contributed by atoms with E-state index in [1.54, 1.807) is 26.4 Å². The molecule has 124 valence electrons. The second kappa shape index (κ2) is 8.53. The second-order valence-electron chi connectivity index (χ2n) is 5.39. The van der Waals surface area contributed by atoms with Crippen LogP contribution in [-0.2, 0) is 19.4 Å². The summed E-state index contributed by atoms with van der Waals surface area (Å²) in [6.07, 6.45) is 1.72. The standard InChI is InChI=1S/C19H24FNO2/c1-4-15-11-19(23-3)16(12-18(15)22-2)8-9-21-13-14-6-5-7-17(20)10-14/h5-7,10-12,21H,4,8-9,13H2,1-3H3. The molecule has 0 atom stereocenters. The van der Waals surface area contributed by atoms with Crippen molar-refractivity contribution in [3.63, 3.8) is 0 Å². The summed E-state index contributed by atoms with van der Waals surface area (Å²) in [5.41, 5.74) is 3.19. The zero-order valence-corrected chi connectivity index (χ0v) is 14.0. The van der Waals surface area contributed by atoms with Crippen molar-refractivity contribution < 1.29 is 13.9 Å². The van der Waals surface area contributed by atoms with E-state index in [4.69, 9.17) is 9.47 Å². The Labute approximate surface area is 137 Å². The monoisotopic (exact) mass is 317 g/mol. The minimum atomic E-state index is -0.203. The van der Waals surface area contributed by atoms with Gasteiger partial charge in [0.25, 0.3) is 0 Å². The third-order valence-electron chi connectivity index (χ3n) is 3.85. The molecule has 0 bridgehead atoms. The summed E-state index contributed by atoms with van der Waals surface area (Å²) < 4.78 is 24.1. The van der Waals surface area contributed by atoms with Gasteiger partial charge in [-0.25, -0.2) is 4.39 Å². The van der Waals surface area contributed by atoms with E-state index >= 15 is 0 Å². The van der Waals surface area contributed by atoms with Gasteiger partial charge in [0.2, 0.25) is 0 Å². The highest BCUT2D eigenvalue weighted by molar-refractivity contribution is 5.46. The molecule has 23 heavy (non-hydrogen) atoms. The number of ether oxygens (including phenoxy) is 2. The molecule has 0 saturated carbocycles. The summed E-state index contributed by atoms with van der Waals surface area (Å²) in [5, 5.41) is 3.33. The molecule has 0 aliphatic rings. The van der Waals surface area contributed by atoms with Gasteiger partial charge in [0.05, 0.1) is 14.2 Å². The normalized spacial score (nSPS) is 10.6. The number of methoxy groups -OCH3 is 2. The minimum Gasteiger partial charge on any atom is -0.496 e. The molecule has 4 heteroatoms. The molecule has 0 amide bonds. The second-order valence-corrected chi connectivity index (χ2v) is 5.39. The van der Waals surface area contributed by atoms with Gasteiger partial charge in [-0.15, -0.1) is 0 Å². The van der Waals surface area contributed by atoms with Gasteiger partial charge in [0.1, 0.15) is 17.3 Å². The molecular formula is C19H24FNO2. The van der Waals surface area contributed by atoms with Gasteiger partial charge < -0.3 is 14.8 Å². The Kier molecular flexibility index (Phi) is 6.41. The van der Waals surface area contributed by atoms with Gasteiger partial charge in [0.15, 0.2) is 0 Å². The van der Waals surface area contributed by atoms with Gasteiger partial charge in [-0.3, -0.25) is 0 Å². The average Bonchev–Trinajstić information content (AvgIpc) is 2.58. The van der Waals surface area contributed by atoms with Crippen molar-refractivity contribution in [2.75, 3.05) is 20.8 Å². The Hall–Kier alpha value is -2.07. The SMILES string of the molecule is CCc1cc(OC)c(CCNCc2cccc(F)c2)cc1OC. The number of hydrogen-bond donors (Lipinski definition) is 1. The number of nitrogens with one attached hydrogen (secondary N) is 1. The summed E-state index contributed by atoms with van der Waals surface area (Å²) in [7, 11) is 3.37. The van der Waals surface area contributed by atoms with Crippen LogP contribution in [0.25, 0.3) is 0 Å². The summed E-state index contributed by atoms with van der Waals surface area (Å²) in [5.74, 6) is 1.58. The Bertz CT molecular complexity index is 643. The molecule has 0 aromatic heterocycles. The summed E-state index contributed by atoms with van der Waals surface area (Å²) in [6.45, 7) is 3.52. The van der Waals surface area contributed by atoms with Gasteiger partial charge >= 0.3 is 0 Å². The predicted octanol–water partition coefficient (Wildman–Crippen LogP) is 3.74. The quantitative estimate of drug-likeness (QED) is 0.752. The van der Waals surface area contributed by atoms with Gasteiger partial charge in [-0.05, 0) is 60.3 Å². The van der Waals surface area contributed by atoms with Crippen LogP contribution in [0.4, 0.5) is 4.39 Å². The van der Waals surface area contributed by atoms with Crippen molar-refractivity contribution in [2.24, 2.45) is 0 Å². The Balaban J connectivity index is 1.97. The van der Waals surface area contributed by atoms with Crippen LogP contribution >= 0.6 is 0 Å². The van der Waals surface area contributed by atoms with Crippen LogP contribution in [0, 0.1) is 5.82 Å². The lowest BCUT2D eigenvalue weighted by atomic mass is 10.0. The van der Waals surface area contributed by atoms with Gasteiger partial charge in [-0.1, -0.05) is 19.1 Å². The molecule has 0 saturated heterocycles. The molecule has 0 radical (unpaired) electrons. The van der Waals surface area contributed by atoms with E-state index in [-0.39, 0.29) is 5.82 Å². The van der Waals surface area contributed by atoms with Crippen molar-refractivity contribution in [3.05, 3.63) is 58.9 Å². The van der Waals surface area contributed by atoms with E-state index in [1.807, 2.05) is 18.2 Å².